The van der Waals surface area contributed by atoms with Gasteiger partial charge in [0, 0.05) is 11.4 Å². The fraction of sp³-hybridized carbons (Fsp3) is 0.500. The van der Waals surface area contributed by atoms with E-state index in [2.05, 4.69) is 51.2 Å². The number of hydrogen-bond donors (Lipinski definition) is 1. The Balaban J connectivity index is 2.09. The highest BCUT2D eigenvalue weighted by Crippen LogP contribution is 2.25. The number of hydrogen-bond acceptors (Lipinski definition) is 3. The molecule has 0 radical (unpaired) electrons. The maximum absolute atomic E-state index is 4.71. The topological polar surface area (TPSA) is 24.4 Å². The van der Waals surface area contributed by atoms with Crippen LogP contribution in [0.4, 0.5) is 5.69 Å². The largest absolute Gasteiger partial charge is 0.335 e. The second kappa shape index (κ2) is 5.13. The lowest BCUT2D eigenvalue weighted by atomic mass is 10.1. The molecule has 0 saturated carbocycles. The van der Waals surface area contributed by atoms with Gasteiger partial charge in [-0.05, 0) is 31.4 Å². The van der Waals surface area contributed by atoms with Crippen LogP contribution in [0.1, 0.15) is 25.0 Å². The molecule has 0 spiro atoms. The number of thioether (sulfide) groups is 1. The molecule has 0 aromatic heterocycles. The minimum Gasteiger partial charge on any atom is -0.335 e. The molecule has 1 aromatic carbocycles. The standard InChI is InChI=1S/C14H20N2S/c1-9(2)13-8-17-14(16-13)15-12-6-5-10(3)7-11(12)4/h5-7,9,13H,8H2,1-4H3,(H,15,16)/t13-/m1/s1. The van der Waals surface area contributed by atoms with E-state index in [0.29, 0.717) is 12.0 Å². The molecule has 1 aliphatic rings. The summed E-state index contributed by atoms with van der Waals surface area (Å²) in [5, 5.41) is 4.50. The predicted molar refractivity (Wildman–Crippen MR) is 78.1 cm³/mol. The summed E-state index contributed by atoms with van der Waals surface area (Å²) in [5.74, 6) is 1.73. The van der Waals surface area contributed by atoms with Crippen LogP contribution in [-0.2, 0) is 0 Å². The van der Waals surface area contributed by atoms with Crippen molar-refractivity contribution < 1.29 is 0 Å². The molecular weight excluding hydrogens is 228 g/mol. The molecule has 92 valence electrons. The zero-order valence-electron chi connectivity index (χ0n) is 10.9. The Bertz CT molecular complexity index is 438. The van der Waals surface area contributed by atoms with E-state index in [9.17, 15) is 0 Å². The van der Waals surface area contributed by atoms with Gasteiger partial charge < -0.3 is 5.32 Å². The fourth-order valence-electron chi connectivity index (χ4n) is 1.87. The van der Waals surface area contributed by atoms with Crippen molar-refractivity contribution >= 4 is 22.6 Å². The zero-order chi connectivity index (χ0) is 12.4. The van der Waals surface area contributed by atoms with Crippen LogP contribution in [0.25, 0.3) is 0 Å². The number of nitrogens with zero attached hydrogens (tertiary/aromatic N) is 1. The Kier molecular flexibility index (Phi) is 3.77. The Morgan fingerprint density at radius 3 is 2.71 bits per heavy atom. The molecule has 0 saturated heterocycles. The quantitative estimate of drug-likeness (QED) is 0.860. The van der Waals surface area contributed by atoms with Crippen LogP contribution < -0.4 is 5.32 Å². The second-order valence-corrected chi connectivity index (χ2v) is 6.01. The van der Waals surface area contributed by atoms with E-state index < -0.39 is 0 Å². The summed E-state index contributed by atoms with van der Waals surface area (Å²) >= 11 is 1.83. The SMILES string of the molecule is Cc1ccc(NC2=N[C@@H](C(C)C)CS2)c(C)c1. The number of amidine groups is 1. The number of benzene rings is 1. The third-order valence-corrected chi connectivity index (χ3v) is 4.06. The predicted octanol–water partition coefficient (Wildman–Crippen LogP) is 3.84. The maximum Gasteiger partial charge on any atom is 0.161 e. The van der Waals surface area contributed by atoms with Crippen LogP contribution in [0.5, 0.6) is 0 Å². The van der Waals surface area contributed by atoms with Crippen LogP contribution in [0.2, 0.25) is 0 Å². The minimum atomic E-state index is 0.466. The van der Waals surface area contributed by atoms with Crippen molar-refractivity contribution in [2.75, 3.05) is 11.1 Å². The Hall–Kier alpha value is -0.960. The molecule has 3 heteroatoms. The summed E-state index contributed by atoms with van der Waals surface area (Å²) < 4.78 is 0. The van der Waals surface area contributed by atoms with Crippen LogP contribution in [0.3, 0.4) is 0 Å². The average molecular weight is 248 g/mol. The molecule has 1 aliphatic heterocycles. The van der Waals surface area contributed by atoms with Crippen molar-refractivity contribution in [2.45, 2.75) is 33.7 Å². The molecular formula is C14H20N2S. The first kappa shape index (κ1) is 12.5. The van der Waals surface area contributed by atoms with Crippen LogP contribution >= 0.6 is 11.8 Å². The van der Waals surface area contributed by atoms with Crippen molar-refractivity contribution in [1.29, 1.82) is 0 Å². The monoisotopic (exact) mass is 248 g/mol. The van der Waals surface area contributed by atoms with E-state index in [1.807, 2.05) is 11.8 Å². The Morgan fingerprint density at radius 2 is 2.12 bits per heavy atom. The van der Waals surface area contributed by atoms with Crippen molar-refractivity contribution in [2.24, 2.45) is 10.9 Å². The molecule has 1 heterocycles. The van der Waals surface area contributed by atoms with Gasteiger partial charge in [0.1, 0.15) is 0 Å². The van der Waals surface area contributed by atoms with Crippen LogP contribution in [0.15, 0.2) is 23.2 Å². The molecule has 17 heavy (non-hydrogen) atoms. The van der Waals surface area contributed by atoms with Gasteiger partial charge in [-0.15, -0.1) is 0 Å². The summed E-state index contributed by atoms with van der Waals surface area (Å²) in [7, 11) is 0. The highest BCUT2D eigenvalue weighted by molar-refractivity contribution is 8.14. The summed E-state index contributed by atoms with van der Waals surface area (Å²) in [4.78, 5) is 4.71. The van der Waals surface area contributed by atoms with Gasteiger partial charge in [0.05, 0.1) is 6.04 Å². The summed E-state index contributed by atoms with van der Waals surface area (Å²) in [6.45, 7) is 8.71. The molecule has 2 nitrogen and oxygen atoms in total. The normalized spacial score (nSPS) is 19.6. The Morgan fingerprint density at radius 1 is 1.35 bits per heavy atom. The number of aryl methyl sites for hydroxylation is 2. The van der Waals surface area contributed by atoms with E-state index in [4.69, 9.17) is 4.99 Å². The zero-order valence-corrected chi connectivity index (χ0v) is 11.8. The maximum atomic E-state index is 4.71. The van der Waals surface area contributed by atoms with Gasteiger partial charge in [0.25, 0.3) is 0 Å². The molecule has 1 N–H and O–H groups in total. The first-order chi connectivity index (χ1) is 8.06. The number of aliphatic imine (C=N–C) groups is 1. The minimum absolute atomic E-state index is 0.466. The van der Waals surface area contributed by atoms with E-state index in [1.165, 1.54) is 16.8 Å². The molecule has 1 atom stereocenters. The fourth-order valence-corrected chi connectivity index (χ4v) is 3.05. The molecule has 0 unspecified atom stereocenters. The van der Waals surface area contributed by atoms with Crippen molar-refractivity contribution in [3.8, 4) is 0 Å². The number of nitrogens with one attached hydrogen (secondary N) is 1. The van der Waals surface area contributed by atoms with Gasteiger partial charge in [-0.3, -0.25) is 4.99 Å². The smallest absolute Gasteiger partial charge is 0.161 e. The molecule has 0 aliphatic carbocycles. The van der Waals surface area contributed by atoms with E-state index in [0.717, 1.165) is 10.9 Å². The van der Waals surface area contributed by atoms with Gasteiger partial charge in [0.15, 0.2) is 5.17 Å². The van der Waals surface area contributed by atoms with E-state index in [-0.39, 0.29) is 0 Å². The van der Waals surface area contributed by atoms with E-state index >= 15 is 0 Å². The second-order valence-electron chi connectivity index (χ2n) is 5.00. The van der Waals surface area contributed by atoms with Gasteiger partial charge in [-0.1, -0.05) is 43.3 Å². The third-order valence-electron chi connectivity index (χ3n) is 3.07. The van der Waals surface area contributed by atoms with Crippen LogP contribution in [-0.4, -0.2) is 17.0 Å². The molecule has 0 fully saturated rings. The van der Waals surface area contributed by atoms with Crippen LogP contribution in [0, 0.1) is 19.8 Å². The van der Waals surface area contributed by atoms with Gasteiger partial charge in [-0.25, -0.2) is 0 Å². The highest BCUT2D eigenvalue weighted by atomic mass is 32.2. The van der Waals surface area contributed by atoms with Gasteiger partial charge in [0.2, 0.25) is 0 Å². The molecule has 1 aromatic rings. The van der Waals surface area contributed by atoms with Crippen molar-refractivity contribution in [3.05, 3.63) is 29.3 Å². The molecule has 0 amide bonds. The lowest BCUT2D eigenvalue weighted by Gasteiger charge is -2.09. The number of anilines is 1. The highest BCUT2D eigenvalue weighted by Gasteiger charge is 2.21. The van der Waals surface area contributed by atoms with Gasteiger partial charge >= 0.3 is 0 Å². The lowest BCUT2D eigenvalue weighted by molar-refractivity contribution is 0.543. The number of rotatable bonds is 2. The van der Waals surface area contributed by atoms with Crippen molar-refractivity contribution in [1.82, 2.24) is 0 Å². The summed E-state index contributed by atoms with van der Waals surface area (Å²) in [5.41, 5.74) is 3.75. The first-order valence-electron chi connectivity index (χ1n) is 6.11. The van der Waals surface area contributed by atoms with E-state index in [1.54, 1.807) is 0 Å². The first-order valence-corrected chi connectivity index (χ1v) is 7.09. The third kappa shape index (κ3) is 3.03. The summed E-state index contributed by atoms with van der Waals surface area (Å²) in [6, 6.07) is 6.93. The summed E-state index contributed by atoms with van der Waals surface area (Å²) in [6.07, 6.45) is 0. The lowest BCUT2D eigenvalue weighted by Crippen LogP contribution is -2.12. The molecule has 0 bridgehead atoms. The van der Waals surface area contributed by atoms with Crippen molar-refractivity contribution in [3.63, 3.8) is 0 Å². The average Bonchev–Trinajstić information content (AvgIpc) is 2.71. The Labute approximate surface area is 108 Å². The van der Waals surface area contributed by atoms with Gasteiger partial charge in [-0.2, -0.15) is 0 Å². The molecule has 2 rings (SSSR count).